The molecule has 0 bridgehead atoms. The Morgan fingerprint density at radius 1 is 0.875 bits per heavy atom. The molecule has 0 aromatic heterocycles. The highest BCUT2D eigenvalue weighted by Gasteiger charge is 2.18. The maximum absolute atomic E-state index is 11.4. The van der Waals surface area contributed by atoms with Crippen LogP contribution >= 0.6 is 31.9 Å². The molecule has 92 valence electrons. The van der Waals surface area contributed by atoms with Gasteiger partial charge in [-0.15, -0.1) is 0 Å². The second-order valence-electron chi connectivity index (χ2n) is 2.90. The summed E-state index contributed by atoms with van der Waals surface area (Å²) in [6, 6.07) is 0. The fraction of sp³-hybridized carbons (Fsp3) is 0.600. The second kappa shape index (κ2) is 8.75. The summed E-state index contributed by atoms with van der Waals surface area (Å²) >= 11 is 5.98. The molecule has 0 N–H and O–H groups in total. The highest BCUT2D eigenvalue weighted by atomic mass is 79.9. The summed E-state index contributed by atoms with van der Waals surface area (Å²) in [5.74, 6) is -1.16. The molecule has 0 rings (SSSR count). The summed E-state index contributed by atoms with van der Waals surface area (Å²) in [4.78, 5) is 22.7. The Kier molecular flexibility index (Phi) is 8.56. The van der Waals surface area contributed by atoms with Crippen molar-refractivity contribution < 1.29 is 19.1 Å². The molecule has 0 unspecified atom stereocenters. The molecule has 0 aromatic rings. The van der Waals surface area contributed by atoms with Crippen molar-refractivity contribution in [3.05, 3.63) is 8.96 Å². The maximum Gasteiger partial charge on any atom is 0.346 e. The lowest BCUT2D eigenvalue weighted by atomic mass is 10.4. The Morgan fingerprint density at radius 3 is 1.44 bits per heavy atom. The molecular weight excluding hydrogens is 344 g/mol. The highest BCUT2D eigenvalue weighted by molar-refractivity contribution is 9.14. The lowest BCUT2D eigenvalue weighted by Crippen LogP contribution is -2.11. The minimum absolute atomic E-state index is 0.0436. The van der Waals surface area contributed by atoms with Crippen LogP contribution in [-0.2, 0) is 19.1 Å². The van der Waals surface area contributed by atoms with Crippen LogP contribution in [0, 0.1) is 0 Å². The van der Waals surface area contributed by atoms with Gasteiger partial charge in [-0.3, -0.25) is 0 Å². The average Bonchev–Trinajstić information content (AvgIpc) is 2.30. The quantitative estimate of drug-likeness (QED) is 0.541. The maximum atomic E-state index is 11.4. The number of hydrogen-bond acceptors (Lipinski definition) is 4. The van der Waals surface area contributed by atoms with Crippen LogP contribution in [0.2, 0.25) is 0 Å². The fourth-order valence-corrected chi connectivity index (χ4v) is 1.25. The summed E-state index contributed by atoms with van der Waals surface area (Å²) in [6.07, 6.45) is 1.45. The molecule has 16 heavy (non-hydrogen) atoms. The third-order valence-corrected chi connectivity index (χ3v) is 3.40. The number of ether oxygens (including phenoxy) is 2. The van der Waals surface area contributed by atoms with Crippen molar-refractivity contribution in [3.63, 3.8) is 0 Å². The monoisotopic (exact) mass is 356 g/mol. The average molecular weight is 358 g/mol. The van der Waals surface area contributed by atoms with Crippen LogP contribution in [-0.4, -0.2) is 25.2 Å². The topological polar surface area (TPSA) is 52.6 Å². The van der Waals surface area contributed by atoms with Gasteiger partial charge in [0.25, 0.3) is 0 Å². The van der Waals surface area contributed by atoms with Crippen LogP contribution in [0.25, 0.3) is 0 Å². The van der Waals surface area contributed by atoms with Crippen LogP contribution < -0.4 is 0 Å². The van der Waals surface area contributed by atoms with Crippen molar-refractivity contribution >= 4 is 43.8 Å². The number of carbonyl (C=O) groups is 2. The molecule has 0 aliphatic heterocycles. The van der Waals surface area contributed by atoms with E-state index in [1.165, 1.54) is 0 Å². The lowest BCUT2D eigenvalue weighted by Gasteiger charge is -2.05. The van der Waals surface area contributed by atoms with Gasteiger partial charge in [0.2, 0.25) is 0 Å². The van der Waals surface area contributed by atoms with Crippen molar-refractivity contribution in [1.82, 2.24) is 0 Å². The number of halogens is 2. The van der Waals surface area contributed by atoms with Crippen molar-refractivity contribution in [1.29, 1.82) is 0 Å². The summed E-state index contributed by atoms with van der Waals surface area (Å²) in [5, 5.41) is 0. The lowest BCUT2D eigenvalue weighted by molar-refractivity contribution is -0.141. The number of carbonyl (C=O) groups excluding carboxylic acids is 2. The molecule has 0 saturated heterocycles. The van der Waals surface area contributed by atoms with Gasteiger partial charge in [-0.1, -0.05) is 13.8 Å². The standard InChI is InChI=1S/C10H14Br2O4/c1-3-5-15-9(13)7(11)8(12)10(14)16-6-4-2/h3-6H2,1-2H3/b8-7-. The Balaban J connectivity index is 4.43. The molecule has 0 aliphatic rings. The van der Waals surface area contributed by atoms with Crippen LogP contribution in [0.1, 0.15) is 26.7 Å². The molecule has 0 radical (unpaired) electrons. The molecule has 0 aliphatic carbocycles. The molecule has 0 amide bonds. The van der Waals surface area contributed by atoms with Gasteiger partial charge in [0.1, 0.15) is 8.96 Å². The van der Waals surface area contributed by atoms with Crippen LogP contribution in [0.4, 0.5) is 0 Å². The second-order valence-corrected chi connectivity index (χ2v) is 4.49. The predicted octanol–water partition coefficient (Wildman–Crippen LogP) is 2.89. The number of esters is 2. The number of hydrogen-bond donors (Lipinski definition) is 0. The zero-order chi connectivity index (χ0) is 12.6. The first kappa shape index (κ1) is 15.6. The summed E-state index contributed by atoms with van der Waals surface area (Å²) < 4.78 is 9.78. The Labute approximate surface area is 112 Å². The van der Waals surface area contributed by atoms with Crippen molar-refractivity contribution in [2.24, 2.45) is 0 Å². The van der Waals surface area contributed by atoms with E-state index in [0.717, 1.165) is 12.8 Å². The summed E-state index contributed by atoms with van der Waals surface area (Å²) in [5.41, 5.74) is 0. The third-order valence-electron chi connectivity index (χ3n) is 1.43. The van der Waals surface area contributed by atoms with E-state index in [4.69, 9.17) is 9.47 Å². The van der Waals surface area contributed by atoms with Crippen molar-refractivity contribution in [2.75, 3.05) is 13.2 Å². The molecular formula is C10H14Br2O4. The molecule has 0 fully saturated rings. The first-order valence-electron chi connectivity index (χ1n) is 4.94. The molecule has 0 atom stereocenters. The fourth-order valence-electron chi connectivity index (χ4n) is 0.695. The number of rotatable bonds is 6. The van der Waals surface area contributed by atoms with E-state index >= 15 is 0 Å². The Hall–Kier alpha value is -0.360. The van der Waals surface area contributed by atoms with Gasteiger partial charge >= 0.3 is 11.9 Å². The van der Waals surface area contributed by atoms with E-state index in [9.17, 15) is 9.59 Å². The van der Waals surface area contributed by atoms with E-state index < -0.39 is 11.9 Å². The van der Waals surface area contributed by atoms with Crippen molar-refractivity contribution in [2.45, 2.75) is 26.7 Å². The van der Waals surface area contributed by atoms with Crippen LogP contribution in [0.3, 0.4) is 0 Å². The zero-order valence-corrected chi connectivity index (χ0v) is 12.4. The van der Waals surface area contributed by atoms with Gasteiger partial charge in [-0.25, -0.2) is 9.59 Å². The normalized spacial score (nSPS) is 11.8. The van der Waals surface area contributed by atoms with Crippen LogP contribution in [0.15, 0.2) is 8.96 Å². The van der Waals surface area contributed by atoms with Crippen LogP contribution in [0.5, 0.6) is 0 Å². The minimum atomic E-state index is -0.581. The summed E-state index contributed by atoms with van der Waals surface area (Å²) in [6.45, 7) is 4.40. The smallest absolute Gasteiger partial charge is 0.346 e. The minimum Gasteiger partial charge on any atom is -0.462 e. The van der Waals surface area contributed by atoms with Crippen molar-refractivity contribution in [3.8, 4) is 0 Å². The molecule has 0 saturated carbocycles. The van der Waals surface area contributed by atoms with Gasteiger partial charge < -0.3 is 9.47 Å². The molecule has 0 spiro atoms. The van der Waals surface area contributed by atoms with E-state index in [2.05, 4.69) is 31.9 Å². The van der Waals surface area contributed by atoms with Gasteiger partial charge in [0.05, 0.1) is 13.2 Å². The first-order chi connectivity index (χ1) is 7.54. The molecule has 4 nitrogen and oxygen atoms in total. The molecule has 6 heteroatoms. The SMILES string of the molecule is CCCOC(=O)/C(Br)=C(/Br)C(=O)OCCC. The molecule has 0 heterocycles. The van der Waals surface area contributed by atoms with E-state index in [-0.39, 0.29) is 8.96 Å². The Morgan fingerprint density at radius 2 is 1.19 bits per heavy atom. The van der Waals surface area contributed by atoms with Gasteiger partial charge in [-0.05, 0) is 44.7 Å². The van der Waals surface area contributed by atoms with Gasteiger partial charge in [0.15, 0.2) is 0 Å². The zero-order valence-electron chi connectivity index (χ0n) is 9.22. The Bertz CT molecular complexity index is 259. The summed E-state index contributed by atoms with van der Waals surface area (Å²) in [7, 11) is 0. The molecule has 0 aromatic carbocycles. The van der Waals surface area contributed by atoms with E-state index in [0.29, 0.717) is 13.2 Å². The van der Waals surface area contributed by atoms with Gasteiger partial charge in [0, 0.05) is 0 Å². The first-order valence-corrected chi connectivity index (χ1v) is 6.52. The third kappa shape index (κ3) is 5.65. The largest absolute Gasteiger partial charge is 0.462 e. The highest BCUT2D eigenvalue weighted by Crippen LogP contribution is 2.21. The van der Waals surface area contributed by atoms with Gasteiger partial charge in [-0.2, -0.15) is 0 Å². The predicted molar refractivity (Wildman–Crippen MR) is 67.4 cm³/mol. The van der Waals surface area contributed by atoms with E-state index in [1.807, 2.05) is 13.8 Å². The van der Waals surface area contributed by atoms with E-state index in [1.54, 1.807) is 0 Å².